The second kappa shape index (κ2) is 7.76. The Morgan fingerprint density at radius 3 is 2.60 bits per heavy atom. The van der Waals surface area contributed by atoms with Gasteiger partial charge in [-0.05, 0) is 24.3 Å². The van der Waals surface area contributed by atoms with Crippen molar-refractivity contribution in [2.45, 2.75) is 6.10 Å². The van der Waals surface area contributed by atoms with Crippen LogP contribution in [0.2, 0.25) is 5.02 Å². The minimum absolute atomic E-state index is 0.0504. The molecule has 1 aliphatic rings. The van der Waals surface area contributed by atoms with Gasteiger partial charge in [-0.1, -0.05) is 35.9 Å². The maximum Gasteiger partial charge on any atom is 0.283 e. The van der Waals surface area contributed by atoms with Gasteiger partial charge in [-0.25, -0.2) is 0 Å². The fourth-order valence-electron chi connectivity index (χ4n) is 2.10. The third-order valence-electron chi connectivity index (χ3n) is 3.32. The zero-order valence-electron chi connectivity index (χ0n) is 13.0. The topological polar surface area (TPSA) is 85.9 Å². The number of benzene rings is 2. The molecule has 0 spiro atoms. The summed E-state index contributed by atoms with van der Waals surface area (Å²) in [6.45, 7) is -0.246. The quantitative estimate of drug-likeness (QED) is 0.809. The highest BCUT2D eigenvalue weighted by molar-refractivity contribution is 6.32. The molecule has 7 nitrogen and oxygen atoms in total. The summed E-state index contributed by atoms with van der Waals surface area (Å²) < 4.78 is 16.3. The Hall–Kier alpha value is -2.93. The number of amides is 2. The molecule has 2 aromatic rings. The van der Waals surface area contributed by atoms with Gasteiger partial charge in [-0.3, -0.25) is 20.4 Å². The molecule has 25 heavy (non-hydrogen) atoms. The van der Waals surface area contributed by atoms with Crippen molar-refractivity contribution in [3.8, 4) is 17.2 Å². The van der Waals surface area contributed by atoms with E-state index in [0.29, 0.717) is 22.3 Å². The van der Waals surface area contributed by atoms with E-state index in [1.807, 2.05) is 6.07 Å². The zero-order valence-corrected chi connectivity index (χ0v) is 13.8. The number of hydrazine groups is 1. The molecule has 1 unspecified atom stereocenters. The molecule has 0 radical (unpaired) electrons. The van der Waals surface area contributed by atoms with Crippen LogP contribution in [0.1, 0.15) is 0 Å². The van der Waals surface area contributed by atoms with Gasteiger partial charge in [0, 0.05) is 0 Å². The smallest absolute Gasteiger partial charge is 0.283 e. The van der Waals surface area contributed by atoms with Crippen LogP contribution < -0.4 is 25.1 Å². The predicted octanol–water partition coefficient (Wildman–Crippen LogP) is 1.71. The van der Waals surface area contributed by atoms with Crippen molar-refractivity contribution in [1.82, 2.24) is 10.9 Å². The first-order valence-corrected chi connectivity index (χ1v) is 7.86. The Bertz CT molecular complexity index is 783. The van der Waals surface area contributed by atoms with E-state index in [9.17, 15) is 9.59 Å². The Balaban J connectivity index is 1.45. The molecule has 8 heteroatoms. The molecule has 0 saturated heterocycles. The minimum atomic E-state index is -0.861. The summed E-state index contributed by atoms with van der Waals surface area (Å²) in [5, 5.41) is 0.394. The van der Waals surface area contributed by atoms with Crippen molar-refractivity contribution in [3.63, 3.8) is 0 Å². The lowest BCUT2D eigenvalue weighted by atomic mass is 10.2. The van der Waals surface area contributed by atoms with Crippen LogP contribution in [0.25, 0.3) is 0 Å². The van der Waals surface area contributed by atoms with Gasteiger partial charge < -0.3 is 14.2 Å². The Labute approximate surface area is 148 Å². The molecule has 2 aromatic carbocycles. The average molecular weight is 363 g/mol. The van der Waals surface area contributed by atoms with Gasteiger partial charge in [-0.2, -0.15) is 0 Å². The lowest BCUT2D eigenvalue weighted by Gasteiger charge is -2.25. The van der Waals surface area contributed by atoms with Gasteiger partial charge in [0.1, 0.15) is 12.4 Å². The number of carbonyl (C=O) groups is 2. The standard InChI is InChI=1S/C17H15ClN2O5/c18-11-5-1-2-6-12(11)24-10-16(21)19-20-17(22)15-9-23-13-7-3-4-8-14(13)25-15/h1-8,15H,9-10H2,(H,19,21)(H,20,22). The molecule has 130 valence electrons. The fraction of sp³-hybridized carbons (Fsp3) is 0.176. The van der Waals surface area contributed by atoms with Crippen molar-refractivity contribution in [3.05, 3.63) is 53.6 Å². The molecular formula is C17H15ClN2O5. The Kier molecular flexibility index (Phi) is 5.25. The second-order valence-electron chi connectivity index (χ2n) is 5.12. The summed E-state index contributed by atoms with van der Waals surface area (Å²) in [4.78, 5) is 23.8. The summed E-state index contributed by atoms with van der Waals surface area (Å²) in [6, 6.07) is 13.8. The molecule has 2 amide bonds. The molecule has 3 rings (SSSR count). The molecule has 0 bridgehead atoms. The number of nitrogens with one attached hydrogen (secondary N) is 2. The van der Waals surface area contributed by atoms with E-state index in [-0.39, 0.29) is 13.2 Å². The molecule has 1 heterocycles. The molecule has 1 aliphatic heterocycles. The lowest BCUT2D eigenvalue weighted by Crippen LogP contribution is -2.51. The molecule has 0 saturated carbocycles. The molecule has 2 N–H and O–H groups in total. The summed E-state index contributed by atoms with van der Waals surface area (Å²) in [7, 11) is 0. The highest BCUT2D eigenvalue weighted by Gasteiger charge is 2.27. The minimum Gasteiger partial charge on any atom is -0.485 e. The van der Waals surface area contributed by atoms with Crippen LogP contribution in [0.15, 0.2) is 48.5 Å². The number of para-hydroxylation sites is 3. The second-order valence-corrected chi connectivity index (χ2v) is 5.53. The molecule has 0 aromatic heterocycles. The van der Waals surface area contributed by atoms with Gasteiger partial charge in [0.2, 0.25) is 6.10 Å². The molecule has 0 fully saturated rings. The van der Waals surface area contributed by atoms with Crippen LogP contribution >= 0.6 is 11.6 Å². The fourth-order valence-corrected chi connectivity index (χ4v) is 2.29. The van der Waals surface area contributed by atoms with Crippen LogP contribution in [0, 0.1) is 0 Å². The number of hydrogen-bond donors (Lipinski definition) is 2. The van der Waals surface area contributed by atoms with Crippen LogP contribution in [0.3, 0.4) is 0 Å². The van der Waals surface area contributed by atoms with Crippen LogP contribution in [-0.4, -0.2) is 31.1 Å². The SMILES string of the molecule is O=C(COc1ccccc1Cl)NNC(=O)C1COc2ccccc2O1. The third kappa shape index (κ3) is 4.33. The van der Waals surface area contributed by atoms with Crippen molar-refractivity contribution in [1.29, 1.82) is 0 Å². The van der Waals surface area contributed by atoms with E-state index >= 15 is 0 Å². The number of fused-ring (bicyclic) bond motifs is 1. The number of ether oxygens (including phenoxy) is 3. The van der Waals surface area contributed by atoms with Crippen LogP contribution in [-0.2, 0) is 9.59 Å². The monoisotopic (exact) mass is 362 g/mol. The third-order valence-corrected chi connectivity index (χ3v) is 3.63. The molecular weight excluding hydrogens is 348 g/mol. The highest BCUT2D eigenvalue weighted by atomic mass is 35.5. The van der Waals surface area contributed by atoms with E-state index in [0.717, 1.165) is 0 Å². The predicted molar refractivity (Wildman–Crippen MR) is 89.6 cm³/mol. The van der Waals surface area contributed by atoms with E-state index in [1.54, 1.807) is 42.5 Å². The van der Waals surface area contributed by atoms with Crippen LogP contribution in [0.4, 0.5) is 0 Å². The van der Waals surface area contributed by atoms with Crippen LogP contribution in [0.5, 0.6) is 17.2 Å². The molecule has 1 atom stereocenters. The summed E-state index contributed by atoms with van der Waals surface area (Å²) in [5.41, 5.74) is 4.53. The number of hydrogen-bond acceptors (Lipinski definition) is 5. The summed E-state index contributed by atoms with van der Waals surface area (Å²) in [6.07, 6.45) is -0.861. The van der Waals surface area contributed by atoms with Crippen molar-refractivity contribution >= 4 is 23.4 Å². The Morgan fingerprint density at radius 2 is 1.80 bits per heavy atom. The van der Waals surface area contributed by atoms with Gasteiger partial charge in [-0.15, -0.1) is 0 Å². The van der Waals surface area contributed by atoms with E-state index in [4.69, 9.17) is 25.8 Å². The summed E-state index contributed by atoms with van der Waals surface area (Å²) >= 11 is 5.92. The van der Waals surface area contributed by atoms with Gasteiger partial charge >= 0.3 is 0 Å². The number of halogens is 1. The van der Waals surface area contributed by atoms with Crippen molar-refractivity contribution in [2.24, 2.45) is 0 Å². The first-order chi connectivity index (χ1) is 12.1. The van der Waals surface area contributed by atoms with Crippen molar-refractivity contribution in [2.75, 3.05) is 13.2 Å². The first-order valence-electron chi connectivity index (χ1n) is 7.48. The largest absolute Gasteiger partial charge is 0.485 e. The maximum atomic E-state index is 12.0. The maximum absolute atomic E-state index is 12.0. The average Bonchev–Trinajstić information content (AvgIpc) is 2.65. The zero-order chi connectivity index (χ0) is 17.6. The highest BCUT2D eigenvalue weighted by Crippen LogP contribution is 2.30. The van der Waals surface area contributed by atoms with E-state index in [2.05, 4.69) is 10.9 Å². The Morgan fingerprint density at radius 1 is 1.08 bits per heavy atom. The normalized spacial score (nSPS) is 15.2. The van der Waals surface area contributed by atoms with Crippen molar-refractivity contribution < 1.29 is 23.8 Å². The van der Waals surface area contributed by atoms with Gasteiger partial charge in [0.05, 0.1) is 5.02 Å². The van der Waals surface area contributed by atoms with Gasteiger partial charge in [0.25, 0.3) is 11.8 Å². The lowest BCUT2D eigenvalue weighted by molar-refractivity contribution is -0.135. The van der Waals surface area contributed by atoms with E-state index in [1.165, 1.54) is 0 Å². The number of carbonyl (C=O) groups excluding carboxylic acids is 2. The van der Waals surface area contributed by atoms with E-state index < -0.39 is 17.9 Å². The van der Waals surface area contributed by atoms with Gasteiger partial charge in [0.15, 0.2) is 18.1 Å². The summed E-state index contributed by atoms with van der Waals surface area (Å²) in [5.74, 6) is 0.364. The first kappa shape index (κ1) is 16.9. The molecule has 0 aliphatic carbocycles. The number of rotatable bonds is 4.